The number of hydrogen-bond acceptors (Lipinski definition) is 6. The third-order valence-corrected chi connectivity index (χ3v) is 2.02. The predicted molar refractivity (Wildman–Crippen MR) is 58.2 cm³/mol. The van der Waals surface area contributed by atoms with Gasteiger partial charge < -0.3 is 25.4 Å². The molecule has 0 aromatic carbocycles. The van der Waals surface area contributed by atoms with Crippen LogP contribution < -0.4 is 10.6 Å². The zero-order valence-electron chi connectivity index (χ0n) is 9.70. The predicted octanol–water partition coefficient (Wildman–Crippen LogP) is -1.16. The number of amides is 2. The zero-order chi connectivity index (χ0) is 14.3. The minimum absolute atomic E-state index is 0.158. The highest BCUT2D eigenvalue weighted by Gasteiger charge is 2.22. The lowest BCUT2D eigenvalue weighted by Crippen LogP contribution is -2.47. The number of carboxylic acid groups (broad SMARTS) is 2. The molecule has 0 radical (unpaired) electrons. The summed E-state index contributed by atoms with van der Waals surface area (Å²) in [6.07, 6.45) is 0.747. The molecule has 0 saturated heterocycles. The molecular weight excluding hydrogens is 260 g/mol. The lowest BCUT2D eigenvalue weighted by Gasteiger charge is -2.12. The summed E-state index contributed by atoms with van der Waals surface area (Å²) < 4.78 is 4.48. The van der Waals surface area contributed by atoms with Gasteiger partial charge in [-0.05, 0) is 0 Å². The maximum absolute atomic E-state index is 11.3. The topological polar surface area (TPSA) is 155 Å². The summed E-state index contributed by atoms with van der Waals surface area (Å²) >= 11 is 0. The highest BCUT2D eigenvalue weighted by Crippen LogP contribution is 1.93. The van der Waals surface area contributed by atoms with E-state index in [2.05, 4.69) is 20.0 Å². The van der Waals surface area contributed by atoms with Crippen molar-refractivity contribution in [2.45, 2.75) is 18.9 Å². The van der Waals surface area contributed by atoms with E-state index in [0.717, 1.165) is 6.39 Å². The van der Waals surface area contributed by atoms with Crippen molar-refractivity contribution >= 4 is 18.0 Å². The van der Waals surface area contributed by atoms with E-state index in [0.29, 0.717) is 12.2 Å². The minimum Gasteiger partial charge on any atom is -0.481 e. The van der Waals surface area contributed by atoms with Crippen LogP contribution in [0.5, 0.6) is 0 Å². The van der Waals surface area contributed by atoms with Gasteiger partial charge in [0.1, 0.15) is 6.04 Å². The van der Waals surface area contributed by atoms with Gasteiger partial charge in [-0.15, -0.1) is 0 Å². The van der Waals surface area contributed by atoms with Gasteiger partial charge >= 0.3 is 18.0 Å². The summed E-state index contributed by atoms with van der Waals surface area (Å²) in [7, 11) is 0. The first kappa shape index (κ1) is 14.4. The van der Waals surface area contributed by atoms with Gasteiger partial charge in [0.15, 0.2) is 5.82 Å². The SMILES string of the molecule is O=C(O)CC(NC(=O)NCCc1ncon1)C(=O)O. The number of rotatable bonds is 7. The molecule has 104 valence electrons. The fourth-order valence-corrected chi connectivity index (χ4v) is 1.17. The summed E-state index contributed by atoms with van der Waals surface area (Å²) in [4.78, 5) is 36.1. The van der Waals surface area contributed by atoms with E-state index in [9.17, 15) is 14.4 Å². The molecule has 0 aliphatic carbocycles. The second-order valence-electron chi connectivity index (χ2n) is 3.49. The highest BCUT2D eigenvalue weighted by atomic mass is 16.5. The Morgan fingerprint density at radius 3 is 2.63 bits per heavy atom. The molecule has 1 heterocycles. The Labute approximate surface area is 106 Å². The maximum atomic E-state index is 11.3. The number of nitrogens with one attached hydrogen (secondary N) is 2. The Balaban J connectivity index is 2.32. The largest absolute Gasteiger partial charge is 0.481 e. The average molecular weight is 272 g/mol. The van der Waals surface area contributed by atoms with E-state index in [4.69, 9.17) is 10.2 Å². The minimum atomic E-state index is -1.48. The molecular formula is C9H12N4O6. The van der Waals surface area contributed by atoms with Gasteiger partial charge in [0, 0.05) is 13.0 Å². The number of nitrogens with zero attached hydrogens (tertiary/aromatic N) is 2. The average Bonchev–Trinajstić information content (AvgIpc) is 2.80. The number of aromatic nitrogens is 2. The molecule has 0 bridgehead atoms. The van der Waals surface area contributed by atoms with Crippen LogP contribution in [0.25, 0.3) is 0 Å². The molecule has 0 aliphatic rings. The fraction of sp³-hybridized carbons (Fsp3) is 0.444. The van der Waals surface area contributed by atoms with Gasteiger partial charge in [-0.25, -0.2) is 9.59 Å². The monoisotopic (exact) mass is 272 g/mol. The summed E-state index contributed by atoms with van der Waals surface area (Å²) in [5.41, 5.74) is 0. The van der Waals surface area contributed by atoms with Crippen LogP contribution in [0.3, 0.4) is 0 Å². The first-order valence-electron chi connectivity index (χ1n) is 5.23. The van der Waals surface area contributed by atoms with Crippen LogP contribution in [0.4, 0.5) is 4.79 Å². The lowest BCUT2D eigenvalue weighted by molar-refractivity contribution is -0.145. The van der Waals surface area contributed by atoms with Crippen LogP contribution in [-0.4, -0.2) is 50.9 Å². The van der Waals surface area contributed by atoms with Crippen LogP contribution >= 0.6 is 0 Å². The van der Waals surface area contributed by atoms with Crippen molar-refractivity contribution in [3.8, 4) is 0 Å². The van der Waals surface area contributed by atoms with Crippen molar-refractivity contribution < 1.29 is 29.1 Å². The second-order valence-corrected chi connectivity index (χ2v) is 3.49. The number of urea groups is 1. The Bertz CT molecular complexity index is 446. The van der Waals surface area contributed by atoms with Gasteiger partial charge in [0.05, 0.1) is 6.42 Å². The quantitative estimate of drug-likeness (QED) is 0.484. The molecule has 1 aromatic heterocycles. The molecule has 0 aliphatic heterocycles. The van der Waals surface area contributed by atoms with Crippen molar-refractivity contribution in [1.82, 2.24) is 20.8 Å². The third kappa shape index (κ3) is 5.48. The molecule has 19 heavy (non-hydrogen) atoms. The molecule has 1 unspecified atom stereocenters. The number of carboxylic acids is 2. The third-order valence-electron chi connectivity index (χ3n) is 2.02. The van der Waals surface area contributed by atoms with Crippen molar-refractivity contribution in [1.29, 1.82) is 0 Å². The van der Waals surface area contributed by atoms with Crippen LogP contribution in [-0.2, 0) is 16.0 Å². The molecule has 0 saturated carbocycles. The Kier molecular flexibility index (Phi) is 5.26. The molecule has 2 amide bonds. The van der Waals surface area contributed by atoms with E-state index >= 15 is 0 Å². The van der Waals surface area contributed by atoms with Crippen LogP contribution in [0.1, 0.15) is 12.2 Å². The van der Waals surface area contributed by atoms with E-state index in [1.807, 2.05) is 5.32 Å². The van der Waals surface area contributed by atoms with Gasteiger partial charge in [-0.1, -0.05) is 5.16 Å². The Hall–Kier alpha value is -2.65. The number of carbonyl (C=O) groups is 3. The normalized spacial score (nSPS) is 11.6. The van der Waals surface area contributed by atoms with Crippen molar-refractivity contribution in [2.24, 2.45) is 0 Å². The Morgan fingerprint density at radius 2 is 2.11 bits per heavy atom. The van der Waals surface area contributed by atoms with Crippen LogP contribution in [0.15, 0.2) is 10.9 Å². The molecule has 10 nitrogen and oxygen atoms in total. The summed E-state index contributed by atoms with van der Waals surface area (Å²) in [6.45, 7) is 0.158. The summed E-state index contributed by atoms with van der Waals surface area (Å²) in [6, 6.07) is -2.26. The molecule has 1 rings (SSSR count). The molecule has 1 aromatic rings. The molecule has 0 spiro atoms. The van der Waals surface area contributed by atoms with Gasteiger partial charge in [0.2, 0.25) is 6.39 Å². The smallest absolute Gasteiger partial charge is 0.326 e. The number of hydrogen-bond donors (Lipinski definition) is 4. The van der Waals surface area contributed by atoms with Crippen LogP contribution in [0.2, 0.25) is 0 Å². The van der Waals surface area contributed by atoms with E-state index in [1.54, 1.807) is 0 Å². The van der Waals surface area contributed by atoms with E-state index in [-0.39, 0.29) is 6.54 Å². The molecule has 10 heteroatoms. The molecule has 4 N–H and O–H groups in total. The second kappa shape index (κ2) is 6.93. The summed E-state index contributed by atoms with van der Waals surface area (Å²) in [5, 5.41) is 25.1. The first-order valence-corrected chi connectivity index (χ1v) is 5.23. The summed E-state index contributed by atoms with van der Waals surface area (Å²) in [5.74, 6) is -2.35. The van der Waals surface area contributed by atoms with Crippen molar-refractivity contribution in [3.63, 3.8) is 0 Å². The lowest BCUT2D eigenvalue weighted by atomic mass is 10.2. The van der Waals surface area contributed by atoms with Gasteiger partial charge in [0.25, 0.3) is 0 Å². The van der Waals surface area contributed by atoms with Crippen LogP contribution in [0, 0.1) is 0 Å². The Morgan fingerprint density at radius 1 is 1.37 bits per heavy atom. The molecule has 0 fully saturated rings. The number of aliphatic carboxylic acids is 2. The van der Waals surface area contributed by atoms with E-state index < -0.39 is 30.4 Å². The first-order chi connectivity index (χ1) is 8.99. The maximum Gasteiger partial charge on any atom is 0.326 e. The van der Waals surface area contributed by atoms with Gasteiger partial charge in [-0.3, -0.25) is 4.79 Å². The zero-order valence-corrected chi connectivity index (χ0v) is 9.70. The fourth-order valence-electron chi connectivity index (χ4n) is 1.17. The van der Waals surface area contributed by atoms with Gasteiger partial charge in [-0.2, -0.15) is 4.98 Å². The van der Waals surface area contributed by atoms with Crippen molar-refractivity contribution in [3.05, 3.63) is 12.2 Å². The van der Waals surface area contributed by atoms with E-state index in [1.165, 1.54) is 0 Å². The highest BCUT2D eigenvalue weighted by molar-refractivity contribution is 5.86. The number of carbonyl (C=O) groups excluding carboxylic acids is 1. The van der Waals surface area contributed by atoms with Crippen molar-refractivity contribution in [2.75, 3.05) is 6.54 Å². The standard InChI is InChI=1S/C9H12N4O6/c14-7(15)3-5(8(16)17)12-9(18)10-2-1-6-11-4-19-13-6/h4-5H,1-3H2,(H,14,15)(H,16,17)(H2,10,12,18). The molecule has 1 atom stereocenters.